The molecular weight excluding hydrogens is 225 g/mol. The standard InChI is InChI=1S/C13H25BN3O/c1-10(16-11(2)18)9-17(15-4)13-7-5-12(14-3)6-8-13/h9,12-13,15H,5-8H2,1-4H3,(H,16,18)/b10-9+. The van der Waals surface area contributed by atoms with E-state index in [1.807, 2.05) is 20.2 Å². The van der Waals surface area contributed by atoms with E-state index in [-0.39, 0.29) is 5.91 Å². The summed E-state index contributed by atoms with van der Waals surface area (Å²) >= 11 is 0. The van der Waals surface area contributed by atoms with Gasteiger partial charge in [-0.15, -0.1) is 0 Å². The van der Waals surface area contributed by atoms with Gasteiger partial charge in [-0.1, -0.05) is 25.5 Å². The molecule has 2 N–H and O–H groups in total. The van der Waals surface area contributed by atoms with Crippen LogP contribution in [0.5, 0.6) is 0 Å². The highest BCUT2D eigenvalue weighted by molar-refractivity contribution is 6.35. The minimum Gasteiger partial charge on any atom is -0.329 e. The van der Waals surface area contributed by atoms with Crippen LogP contribution < -0.4 is 10.7 Å². The van der Waals surface area contributed by atoms with Crippen LogP contribution >= 0.6 is 0 Å². The second-order valence-corrected chi connectivity index (χ2v) is 5.03. The van der Waals surface area contributed by atoms with Gasteiger partial charge in [-0.05, 0) is 19.8 Å². The van der Waals surface area contributed by atoms with E-state index in [2.05, 4.69) is 29.9 Å². The third-order valence-corrected chi connectivity index (χ3v) is 3.57. The molecule has 0 aromatic rings. The van der Waals surface area contributed by atoms with Crippen molar-refractivity contribution in [2.45, 2.75) is 58.2 Å². The Kier molecular flexibility index (Phi) is 6.26. The van der Waals surface area contributed by atoms with Crippen molar-refractivity contribution in [2.24, 2.45) is 0 Å². The molecule has 1 amide bonds. The number of nitrogens with zero attached hydrogens (tertiary/aromatic N) is 1. The predicted octanol–water partition coefficient (Wildman–Crippen LogP) is 1.90. The number of amides is 1. The molecule has 0 bridgehead atoms. The van der Waals surface area contributed by atoms with Gasteiger partial charge in [0.15, 0.2) is 0 Å². The minimum atomic E-state index is -0.0240. The average Bonchev–Trinajstić information content (AvgIpc) is 2.35. The average molecular weight is 250 g/mol. The molecule has 18 heavy (non-hydrogen) atoms. The number of nitrogens with one attached hydrogen (secondary N) is 2. The molecule has 0 unspecified atom stereocenters. The van der Waals surface area contributed by atoms with Crippen LogP contribution in [0.3, 0.4) is 0 Å². The Morgan fingerprint density at radius 2 is 1.89 bits per heavy atom. The van der Waals surface area contributed by atoms with Crippen LogP contribution in [0, 0.1) is 0 Å². The summed E-state index contributed by atoms with van der Waals surface area (Å²) in [7, 11) is 4.24. The number of carbonyl (C=O) groups is 1. The van der Waals surface area contributed by atoms with Crippen molar-refractivity contribution in [1.82, 2.24) is 15.8 Å². The number of rotatable bonds is 5. The molecule has 5 heteroatoms. The molecule has 0 heterocycles. The van der Waals surface area contributed by atoms with E-state index in [1.54, 1.807) is 0 Å². The fourth-order valence-electron chi connectivity index (χ4n) is 2.58. The zero-order valence-electron chi connectivity index (χ0n) is 12.0. The molecule has 101 valence electrons. The normalized spacial score (nSPS) is 24.6. The molecule has 0 spiro atoms. The smallest absolute Gasteiger partial charge is 0.221 e. The number of carbonyl (C=O) groups excluding carboxylic acids is 1. The lowest BCUT2D eigenvalue weighted by Crippen LogP contribution is -2.42. The van der Waals surface area contributed by atoms with Crippen molar-refractivity contribution in [3.8, 4) is 0 Å². The summed E-state index contributed by atoms with van der Waals surface area (Å²) in [5.41, 5.74) is 4.08. The number of hydrogen-bond acceptors (Lipinski definition) is 3. The van der Waals surface area contributed by atoms with Crippen LogP contribution in [0.25, 0.3) is 0 Å². The third-order valence-electron chi connectivity index (χ3n) is 3.57. The van der Waals surface area contributed by atoms with Gasteiger partial charge >= 0.3 is 0 Å². The Hall–Kier alpha value is -0.965. The molecule has 1 rings (SSSR count). The zero-order valence-corrected chi connectivity index (χ0v) is 12.0. The highest BCUT2D eigenvalue weighted by Crippen LogP contribution is 2.30. The second kappa shape index (κ2) is 7.47. The fourth-order valence-corrected chi connectivity index (χ4v) is 2.58. The maximum absolute atomic E-state index is 11.0. The van der Waals surface area contributed by atoms with Gasteiger partial charge < -0.3 is 10.3 Å². The lowest BCUT2D eigenvalue weighted by atomic mass is 9.60. The number of hydrazine groups is 1. The molecule has 1 saturated carbocycles. The highest BCUT2D eigenvalue weighted by Gasteiger charge is 2.23. The van der Waals surface area contributed by atoms with E-state index in [0.29, 0.717) is 6.04 Å². The van der Waals surface area contributed by atoms with Gasteiger partial charge in [0.25, 0.3) is 0 Å². The van der Waals surface area contributed by atoms with E-state index in [0.717, 1.165) is 11.5 Å². The highest BCUT2D eigenvalue weighted by atomic mass is 16.1. The van der Waals surface area contributed by atoms with Crippen molar-refractivity contribution in [1.29, 1.82) is 0 Å². The summed E-state index contributed by atoms with van der Waals surface area (Å²) in [5, 5.41) is 4.92. The Morgan fingerprint density at radius 1 is 1.28 bits per heavy atom. The van der Waals surface area contributed by atoms with Gasteiger partial charge in [0.2, 0.25) is 5.91 Å². The molecule has 1 aliphatic carbocycles. The van der Waals surface area contributed by atoms with Crippen molar-refractivity contribution in [2.75, 3.05) is 7.05 Å². The van der Waals surface area contributed by atoms with E-state index < -0.39 is 0 Å². The van der Waals surface area contributed by atoms with Gasteiger partial charge in [0, 0.05) is 31.9 Å². The molecule has 1 aliphatic rings. The van der Waals surface area contributed by atoms with Crippen LogP contribution in [0.15, 0.2) is 11.9 Å². The first-order valence-electron chi connectivity index (χ1n) is 6.78. The first-order valence-corrected chi connectivity index (χ1v) is 6.78. The Bertz CT molecular complexity index is 299. The topological polar surface area (TPSA) is 44.4 Å². The molecule has 1 radical (unpaired) electrons. The van der Waals surface area contributed by atoms with Gasteiger partial charge in [-0.25, -0.2) is 5.43 Å². The van der Waals surface area contributed by atoms with Crippen molar-refractivity contribution in [3.63, 3.8) is 0 Å². The first-order chi connectivity index (χ1) is 8.56. The molecule has 0 aliphatic heterocycles. The molecule has 4 nitrogen and oxygen atoms in total. The van der Waals surface area contributed by atoms with Gasteiger partial charge in [-0.3, -0.25) is 4.79 Å². The monoisotopic (exact) mass is 250 g/mol. The zero-order chi connectivity index (χ0) is 13.5. The van der Waals surface area contributed by atoms with E-state index in [9.17, 15) is 4.79 Å². The minimum absolute atomic E-state index is 0.0240. The molecule has 0 aromatic carbocycles. The number of allylic oxidation sites excluding steroid dienone is 1. The number of hydrogen-bond donors (Lipinski definition) is 2. The first kappa shape index (κ1) is 15.1. The van der Waals surface area contributed by atoms with Crippen LogP contribution in [0.4, 0.5) is 0 Å². The van der Waals surface area contributed by atoms with Crippen LogP contribution in [0.1, 0.15) is 39.5 Å². The SMILES string of the molecule is C[B]C1CCC(N(/C=C(\C)NC(C)=O)NC)CC1. The van der Waals surface area contributed by atoms with E-state index in [1.165, 1.54) is 32.6 Å². The Labute approximate surface area is 111 Å². The van der Waals surface area contributed by atoms with Crippen molar-refractivity contribution < 1.29 is 4.79 Å². The van der Waals surface area contributed by atoms with Gasteiger partial charge in [0.05, 0.1) is 0 Å². The van der Waals surface area contributed by atoms with Crippen LogP contribution in [-0.4, -0.2) is 31.3 Å². The Morgan fingerprint density at radius 3 is 2.33 bits per heavy atom. The molecule has 0 atom stereocenters. The summed E-state index contributed by atoms with van der Waals surface area (Å²) in [6.45, 7) is 5.60. The predicted molar refractivity (Wildman–Crippen MR) is 76.1 cm³/mol. The van der Waals surface area contributed by atoms with Gasteiger partial charge in [0.1, 0.15) is 7.28 Å². The summed E-state index contributed by atoms with van der Waals surface area (Å²) in [6.07, 6.45) is 6.89. The lowest BCUT2D eigenvalue weighted by Gasteiger charge is -2.35. The van der Waals surface area contributed by atoms with Crippen LogP contribution in [-0.2, 0) is 4.79 Å². The second-order valence-electron chi connectivity index (χ2n) is 5.03. The quantitative estimate of drug-likeness (QED) is 0.578. The largest absolute Gasteiger partial charge is 0.329 e. The lowest BCUT2D eigenvalue weighted by molar-refractivity contribution is -0.118. The summed E-state index contributed by atoms with van der Waals surface area (Å²) in [5.74, 6) is 0.754. The Balaban J connectivity index is 2.53. The van der Waals surface area contributed by atoms with E-state index in [4.69, 9.17) is 0 Å². The molecule has 0 aromatic heterocycles. The molecule has 1 fully saturated rings. The molecule has 0 saturated heterocycles. The van der Waals surface area contributed by atoms with E-state index >= 15 is 0 Å². The third kappa shape index (κ3) is 4.73. The maximum atomic E-state index is 11.0. The van der Waals surface area contributed by atoms with Crippen molar-refractivity contribution in [3.05, 3.63) is 11.9 Å². The van der Waals surface area contributed by atoms with Crippen LogP contribution in [0.2, 0.25) is 12.6 Å². The van der Waals surface area contributed by atoms with Gasteiger partial charge in [-0.2, -0.15) is 0 Å². The summed E-state index contributed by atoms with van der Waals surface area (Å²) in [4.78, 5) is 11.0. The van der Waals surface area contributed by atoms with Crippen molar-refractivity contribution >= 4 is 13.2 Å². The summed E-state index contributed by atoms with van der Waals surface area (Å²) < 4.78 is 0. The summed E-state index contributed by atoms with van der Waals surface area (Å²) in [6, 6.07) is 0.523. The maximum Gasteiger partial charge on any atom is 0.221 e. The fraction of sp³-hybridized carbons (Fsp3) is 0.769. The molecular formula is C13H25BN3O.